The Hall–Kier alpha value is -0.160. The predicted molar refractivity (Wildman–Crippen MR) is 84.0 cm³/mol. The number of aliphatic hydroxyl groups excluding tert-OH is 1. The third-order valence-corrected chi connectivity index (χ3v) is 5.45. The maximum Gasteiger partial charge on any atom is 0.0613 e. The molecule has 4 nitrogen and oxygen atoms in total. The largest absolute Gasteiger partial charge is 0.394 e. The third kappa shape index (κ3) is 3.35. The van der Waals surface area contributed by atoms with E-state index in [-0.39, 0.29) is 12.1 Å². The van der Waals surface area contributed by atoms with Gasteiger partial charge in [-0.3, -0.25) is 4.90 Å². The molecule has 0 aromatic rings. The highest BCUT2D eigenvalue weighted by atomic mass is 16.3. The fraction of sp³-hybridized carbons (Fsp3) is 1.00. The van der Waals surface area contributed by atoms with Crippen LogP contribution in [-0.2, 0) is 0 Å². The first-order chi connectivity index (χ1) is 9.51. The summed E-state index contributed by atoms with van der Waals surface area (Å²) in [7, 11) is 4.39. The molecule has 0 radical (unpaired) electrons. The molecule has 2 aliphatic rings. The van der Waals surface area contributed by atoms with E-state index in [1.165, 1.54) is 25.9 Å². The molecule has 1 heterocycles. The Morgan fingerprint density at radius 2 is 2.10 bits per heavy atom. The van der Waals surface area contributed by atoms with Crippen LogP contribution in [0.3, 0.4) is 0 Å². The van der Waals surface area contributed by atoms with Gasteiger partial charge in [0, 0.05) is 30.7 Å². The van der Waals surface area contributed by atoms with E-state index in [0.29, 0.717) is 12.1 Å². The van der Waals surface area contributed by atoms with Gasteiger partial charge in [0.05, 0.1) is 6.61 Å². The number of likely N-dealkylation sites (tertiary alicyclic amines) is 1. The van der Waals surface area contributed by atoms with E-state index in [2.05, 4.69) is 43.1 Å². The summed E-state index contributed by atoms with van der Waals surface area (Å²) in [5, 5.41) is 13.4. The van der Waals surface area contributed by atoms with Crippen molar-refractivity contribution >= 4 is 0 Å². The van der Waals surface area contributed by atoms with Gasteiger partial charge in [-0.25, -0.2) is 0 Å². The third-order valence-electron chi connectivity index (χ3n) is 5.45. The maximum atomic E-state index is 9.84. The summed E-state index contributed by atoms with van der Waals surface area (Å²) < 4.78 is 0. The lowest BCUT2D eigenvalue weighted by atomic mass is 9.79. The topological polar surface area (TPSA) is 38.7 Å². The molecule has 0 amide bonds. The van der Waals surface area contributed by atoms with Crippen LogP contribution in [0, 0.1) is 5.92 Å². The zero-order valence-electron chi connectivity index (χ0n) is 13.7. The van der Waals surface area contributed by atoms with E-state index in [1.807, 2.05) is 0 Å². The average molecular weight is 283 g/mol. The van der Waals surface area contributed by atoms with E-state index in [9.17, 15) is 5.11 Å². The first-order valence-corrected chi connectivity index (χ1v) is 8.27. The summed E-state index contributed by atoms with van der Waals surface area (Å²) in [5.74, 6) is 0.745. The van der Waals surface area contributed by atoms with Crippen LogP contribution in [0.5, 0.6) is 0 Å². The molecular formula is C16H33N3O. The molecule has 1 saturated carbocycles. The molecule has 4 unspecified atom stereocenters. The van der Waals surface area contributed by atoms with Gasteiger partial charge in [0.2, 0.25) is 0 Å². The van der Waals surface area contributed by atoms with Crippen molar-refractivity contribution in [3.63, 3.8) is 0 Å². The standard InChI is InChI=1S/C16H33N3O/c1-5-17-16(12-20)8-6-7-14(9-16)19-10-13(2)15(11-19)18(3)4/h13-15,17,20H,5-12H2,1-4H3. The van der Waals surface area contributed by atoms with Gasteiger partial charge in [-0.2, -0.15) is 0 Å². The molecule has 118 valence electrons. The molecule has 1 aliphatic heterocycles. The summed E-state index contributed by atoms with van der Waals surface area (Å²) in [6, 6.07) is 1.32. The molecule has 0 spiro atoms. The predicted octanol–water partition coefficient (Wildman–Crippen LogP) is 1.15. The second-order valence-electron chi connectivity index (χ2n) is 7.18. The summed E-state index contributed by atoms with van der Waals surface area (Å²) >= 11 is 0. The van der Waals surface area contributed by atoms with Crippen LogP contribution in [0.1, 0.15) is 39.5 Å². The van der Waals surface area contributed by atoms with Crippen LogP contribution >= 0.6 is 0 Å². The van der Waals surface area contributed by atoms with E-state index in [1.54, 1.807) is 0 Å². The van der Waals surface area contributed by atoms with Crippen LogP contribution in [0.2, 0.25) is 0 Å². The summed E-state index contributed by atoms with van der Waals surface area (Å²) in [5.41, 5.74) is -0.0306. The fourth-order valence-corrected chi connectivity index (χ4v) is 4.33. The van der Waals surface area contributed by atoms with Crippen LogP contribution in [0.25, 0.3) is 0 Å². The second-order valence-corrected chi connectivity index (χ2v) is 7.18. The number of rotatable bonds is 5. The number of hydrogen-bond donors (Lipinski definition) is 2. The van der Waals surface area contributed by atoms with Gasteiger partial charge in [-0.1, -0.05) is 13.8 Å². The van der Waals surface area contributed by atoms with Gasteiger partial charge in [-0.15, -0.1) is 0 Å². The number of nitrogens with one attached hydrogen (secondary N) is 1. The molecule has 1 saturated heterocycles. The zero-order valence-corrected chi connectivity index (χ0v) is 13.7. The summed E-state index contributed by atoms with van der Waals surface area (Å²) in [6.45, 7) is 8.13. The Morgan fingerprint density at radius 3 is 2.65 bits per heavy atom. The van der Waals surface area contributed by atoms with Crippen molar-refractivity contribution < 1.29 is 5.11 Å². The lowest BCUT2D eigenvalue weighted by molar-refractivity contribution is 0.0671. The smallest absolute Gasteiger partial charge is 0.0613 e. The Labute approximate surface area is 124 Å². The molecule has 0 aromatic heterocycles. The normalized spacial score (nSPS) is 39.6. The van der Waals surface area contributed by atoms with Crippen LogP contribution in [0.15, 0.2) is 0 Å². The van der Waals surface area contributed by atoms with Gasteiger partial charge in [0.1, 0.15) is 0 Å². The molecular weight excluding hydrogens is 250 g/mol. The van der Waals surface area contributed by atoms with Crippen molar-refractivity contribution in [2.24, 2.45) is 5.92 Å². The SMILES string of the molecule is CCNC1(CO)CCCC(N2CC(C)C(N(C)C)C2)C1. The Balaban J connectivity index is 1.99. The first-order valence-electron chi connectivity index (χ1n) is 8.27. The van der Waals surface area contributed by atoms with Gasteiger partial charge >= 0.3 is 0 Å². The molecule has 4 heteroatoms. The van der Waals surface area contributed by atoms with Gasteiger partial charge in [0.25, 0.3) is 0 Å². The molecule has 20 heavy (non-hydrogen) atoms. The van der Waals surface area contributed by atoms with Crippen molar-refractivity contribution in [3.8, 4) is 0 Å². The van der Waals surface area contributed by atoms with E-state index in [4.69, 9.17) is 0 Å². The van der Waals surface area contributed by atoms with Crippen molar-refractivity contribution in [2.75, 3.05) is 40.3 Å². The molecule has 2 N–H and O–H groups in total. The molecule has 2 rings (SSSR count). The number of aliphatic hydroxyl groups is 1. The van der Waals surface area contributed by atoms with Crippen molar-refractivity contribution in [2.45, 2.75) is 57.2 Å². The molecule has 4 atom stereocenters. The van der Waals surface area contributed by atoms with Crippen molar-refractivity contribution in [1.29, 1.82) is 0 Å². The highest BCUT2D eigenvalue weighted by Gasteiger charge is 2.41. The molecule has 0 aromatic carbocycles. The minimum atomic E-state index is -0.0306. The minimum Gasteiger partial charge on any atom is -0.394 e. The Bertz CT molecular complexity index is 306. The van der Waals surface area contributed by atoms with E-state index in [0.717, 1.165) is 25.3 Å². The lowest BCUT2D eigenvalue weighted by Crippen LogP contribution is -2.55. The average Bonchev–Trinajstić information content (AvgIpc) is 2.82. The molecule has 0 bridgehead atoms. The van der Waals surface area contributed by atoms with E-state index < -0.39 is 0 Å². The highest BCUT2D eigenvalue weighted by molar-refractivity contribution is 4.99. The monoisotopic (exact) mass is 283 g/mol. The maximum absolute atomic E-state index is 9.84. The van der Waals surface area contributed by atoms with Crippen LogP contribution < -0.4 is 5.32 Å². The number of likely N-dealkylation sites (N-methyl/N-ethyl adjacent to an activating group) is 2. The Morgan fingerprint density at radius 1 is 1.35 bits per heavy atom. The number of hydrogen-bond acceptors (Lipinski definition) is 4. The van der Waals surface area contributed by atoms with Crippen LogP contribution in [0.4, 0.5) is 0 Å². The molecule has 1 aliphatic carbocycles. The van der Waals surface area contributed by atoms with E-state index >= 15 is 0 Å². The minimum absolute atomic E-state index is 0.0306. The van der Waals surface area contributed by atoms with Gasteiger partial charge in [-0.05, 0) is 52.2 Å². The summed E-state index contributed by atoms with van der Waals surface area (Å²) in [4.78, 5) is 5.05. The highest BCUT2D eigenvalue weighted by Crippen LogP contribution is 2.34. The molecule has 2 fully saturated rings. The van der Waals surface area contributed by atoms with Gasteiger partial charge < -0.3 is 15.3 Å². The number of nitrogens with zero attached hydrogens (tertiary/aromatic N) is 2. The van der Waals surface area contributed by atoms with Crippen molar-refractivity contribution in [3.05, 3.63) is 0 Å². The zero-order chi connectivity index (χ0) is 14.8. The van der Waals surface area contributed by atoms with Crippen LogP contribution in [-0.4, -0.2) is 72.9 Å². The Kier molecular flexibility index (Phi) is 5.46. The van der Waals surface area contributed by atoms with Crippen molar-refractivity contribution in [1.82, 2.24) is 15.1 Å². The van der Waals surface area contributed by atoms with Gasteiger partial charge in [0.15, 0.2) is 0 Å². The lowest BCUT2D eigenvalue weighted by Gasteiger charge is -2.43. The first kappa shape index (κ1) is 16.2. The second kappa shape index (κ2) is 6.73. The quantitative estimate of drug-likeness (QED) is 0.794. The fourth-order valence-electron chi connectivity index (χ4n) is 4.33. The summed E-state index contributed by atoms with van der Waals surface area (Å²) in [6.07, 6.45) is 4.74.